The third-order valence-corrected chi connectivity index (χ3v) is 4.92. The van der Waals surface area contributed by atoms with Gasteiger partial charge in [0.15, 0.2) is 0 Å². The molecule has 6 heteroatoms. The van der Waals surface area contributed by atoms with Crippen LogP contribution in [0.1, 0.15) is 20.3 Å². The predicted molar refractivity (Wildman–Crippen MR) is 61.6 cm³/mol. The predicted octanol–water partition coefficient (Wildman–Crippen LogP) is 0.0554. The van der Waals surface area contributed by atoms with Crippen LogP contribution in [0.5, 0.6) is 0 Å². The molecule has 1 aliphatic heterocycles. The summed E-state index contributed by atoms with van der Waals surface area (Å²) in [5.74, 6) is 0.233. The molecule has 0 aromatic rings. The van der Waals surface area contributed by atoms with Crippen LogP contribution in [0.15, 0.2) is 0 Å². The van der Waals surface area contributed by atoms with Gasteiger partial charge >= 0.3 is 0 Å². The third-order valence-electron chi connectivity index (χ3n) is 3.07. The van der Waals surface area contributed by atoms with Gasteiger partial charge in [0.1, 0.15) is 0 Å². The van der Waals surface area contributed by atoms with Crippen LogP contribution in [0.3, 0.4) is 0 Å². The molecule has 16 heavy (non-hydrogen) atoms. The Hall–Kier alpha value is -0.170. The number of nitrogens with zero attached hydrogens (tertiary/aromatic N) is 1. The lowest BCUT2D eigenvalue weighted by Crippen LogP contribution is -2.41. The van der Waals surface area contributed by atoms with Gasteiger partial charge in [-0.2, -0.15) is 4.31 Å². The van der Waals surface area contributed by atoms with Crippen LogP contribution in [0, 0.1) is 5.92 Å². The van der Waals surface area contributed by atoms with E-state index in [4.69, 9.17) is 4.74 Å². The minimum atomic E-state index is -3.28. The average molecular weight is 251 g/mol. The van der Waals surface area contributed by atoms with E-state index in [0.717, 1.165) is 6.42 Å². The number of hydrogen-bond donors (Lipinski definition) is 1. The molecule has 96 valence electrons. The van der Waals surface area contributed by atoms with Crippen LogP contribution in [0.2, 0.25) is 0 Å². The number of aliphatic hydroxyl groups is 1. The Morgan fingerprint density at radius 2 is 2.19 bits per heavy atom. The SMILES string of the molecule is CCOCCS(=O)(=O)N1CCC(C)C1CO. The second kappa shape index (κ2) is 5.95. The summed E-state index contributed by atoms with van der Waals surface area (Å²) in [6.45, 7) is 4.97. The summed E-state index contributed by atoms with van der Waals surface area (Å²) in [5, 5.41) is 9.20. The van der Waals surface area contributed by atoms with Crippen molar-refractivity contribution in [3.8, 4) is 0 Å². The molecule has 0 aliphatic carbocycles. The molecule has 5 nitrogen and oxygen atoms in total. The molecule has 1 aliphatic rings. The lowest BCUT2D eigenvalue weighted by molar-refractivity contribution is 0.160. The molecule has 2 unspecified atom stereocenters. The van der Waals surface area contributed by atoms with E-state index >= 15 is 0 Å². The quantitative estimate of drug-likeness (QED) is 0.678. The molecular weight excluding hydrogens is 230 g/mol. The van der Waals surface area contributed by atoms with Crippen molar-refractivity contribution < 1.29 is 18.3 Å². The summed E-state index contributed by atoms with van der Waals surface area (Å²) >= 11 is 0. The number of sulfonamides is 1. The zero-order chi connectivity index (χ0) is 12.2. The standard InChI is InChI=1S/C10H21NO4S/c1-3-15-6-7-16(13,14)11-5-4-9(2)10(11)8-12/h9-10,12H,3-8H2,1-2H3. The normalized spacial score (nSPS) is 27.4. The number of aliphatic hydroxyl groups excluding tert-OH is 1. The first kappa shape index (κ1) is 13.9. The monoisotopic (exact) mass is 251 g/mol. The fourth-order valence-electron chi connectivity index (χ4n) is 2.02. The molecule has 1 heterocycles. The highest BCUT2D eigenvalue weighted by Crippen LogP contribution is 2.26. The highest BCUT2D eigenvalue weighted by molar-refractivity contribution is 7.89. The molecule has 0 spiro atoms. The minimum absolute atomic E-state index is 0.00403. The number of ether oxygens (including phenoxy) is 1. The van der Waals surface area contributed by atoms with Crippen molar-refractivity contribution >= 4 is 10.0 Å². The van der Waals surface area contributed by atoms with Gasteiger partial charge in [0.2, 0.25) is 10.0 Å². The zero-order valence-corrected chi connectivity index (χ0v) is 10.7. The topological polar surface area (TPSA) is 66.8 Å². The van der Waals surface area contributed by atoms with E-state index in [0.29, 0.717) is 13.2 Å². The van der Waals surface area contributed by atoms with Gasteiger partial charge in [-0.3, -0.25) is 0 Å². The maximum absolute atomic E-state index is 12.0. The summed E-state index contributed by atoms with van der Waals surface area (Å²) in [6.07, 6.45) is 0.819. The van der Waals surface area contributed by atoms with E-state index in [1.165, 1.54) is 4.31 Å². The fraction of sp³-hybridized carbons (Fsp3) is 1.00. The Labute approximate surface area is 97.4 Å². The maximum atomic E-state index is 12.0. The molecular formula is C10H21NO4S. The van der Waals surface area contributed by atoms with Crippen LogP contribution in [0.25, 0.3) is 0 Å². The Balaban J connectivity index is 2.61. The fourth-order valence-corrected chi connectivity index (χ4v) is 3.65. The molecule has 1 rings (SSSR count). The van der Waals surface area contributed by atoms with Gasteiger partial charge in [0.25, 0.3) is 0 Å². The Kier molecular flexibility index (Phi) is 5.17. The summed E-state index contributed by atoms with van der Waals surface area (Å²) in [4.78, 5) is 0. The van der Waals surface area contributed by atoms with Crippen molar-refractivity contribution in [3.63, 3.8) is 0 Å². The highest BCUT2D eigenvalue weighted by Gasteiger charge is 2.37. The van der Waals surface area contributed by atoms with Crippen molar-refractivity contribution in [2.75, 3.05) is 32.1 Å². The van der Waals surface area contributed by atoms with Crippen molar-refractivity contribution in [1.82, 2.24) is 4.31 Å². The average Bonchev–Trinajstić information content (AvgIpc) is 2.60. The molecule has 1 N–H and O–H groups in total. The molecule has 0 aromatic heterocycles. The van der Waals surface area contributed by atoms with Crippen molar-refractivity contribution in [2.24, 2.45) is 5.92 Å². The highest BCUT2D eigenvalue weighted by atomic mass is 32.2. The number of hydrogen-bond acceptors (Lipinski definition) is 4. The second-order valence-electron chi connectivity index (χ2n) is 4.14. The lowest BCUT2D eigenvalue weighted by Gasteiger charge is -2.24. The van der Waals surface area contributed by atoms with E-state index in [9.17, 15) is 13.5 Å². The third kappa shape index (κ3) is 3.16. The largest absolute Gasteiger partial charge is 0.395 e. The first-order valence-corrected chi connectivity index (χ1v) is 7.32. The van der Waals surface area contributed by atoms with Crippen LogP contribution >= 0.6 is 0 Å². The van der Waals surface area contributed by atoms with Crippen LogP contribution < -0.4 is 0 Å². The van der Waals surface area contributed by atoms with E-state index in [2.05, 4.69) is 0 Å². The molecule has 0 amide bonds. The van der Waals surface area contributed by atoms with Gasteiger partial charge in [-0.25, -0.2) is 8.42 Å². The molecule has 0 bridgehead atoms. The van der Waals surface area contributed by atoms with Gasteiger partial charge in [-0.1, -0.05) is 6.92 Å². The first-order chi connectivity index (χ1) is 7.53. The summed E-state index contributed by atoms with van der Waals surface area (Å²) < 4.78 is 30.4. The number of rotatable bonds is 6. The van der Waals surface area contributed by atoms with Gasteiger partial charge in [-0.05, 0) is 19.3 Å². The van der Waals surface area contributed by atoms with Gasteiger partial charge < -0.3 is 9.84 Å². The Morgan fingerprint density at radius 1 is 1.50 bits per heavy atom. The molecule has 1 saturated heterocycles. The van der Waals surface area contributed by atoms with E-state index in [-0.39, 0.29) is 30.9 Å². The van der Waals surface area contributed by atoms with Crippen LogP contribution in [-0.4, -0.2) is 56.0 Å². The van der Waals surface area contributed by atoms with Crippen molar-refractivity contribution in [2.45, 2.75) is 26.3 Å². The molecule has 2 atom stereocenters. The van der Waals surface area contributed by atoms with Crippen LogP contribution in [-0.2, 0) is 14.8 Å². The summed E-state index contributed by atoms with van der Waals surface area (Å²) in [7, 11) is -3.28. The second-order valence-corrected chi connectivity index (χ2v) is 6.18. The molecule has 1 fully saturated rings. The van der Waals surface area contributed by atoms with Crippen molar-refractivity contribution in [1.29, 1.82) is 0 Å². The van der Waals surface area contributed by atoms with Gasteiger partial charge in [0.05, 0.1) is 25.0 Å². The summed E-state index contributed by atoms with van der Waals surface area (Å²) in [5.41, 5.74) is 0. The van der Waals surface area contributed by atoms with Gasteiger partial charge in [0, 0.05) is 13.2 Å². The smallest absolute Gasteiger partial charge is 0.216 e. The van der Waals surface area contributed by atoms with E-state index in [1.54, 1.807) is 0 Å². The van der Waals surface area contributed by atoms with Crippen LogP contribution in [0.4, 0.5) is 0 Å². The van der Waals surface area contributed by atoms with Crippen molar-refractivity contribution in [3.05, 3.63) is 0 Å². The Morgan fingerprint density at radius 3 is 2.75 bits per heavy atom. The van der Waals surface area contributed by atoms with Gasteiger partial charge in [-0.15, -0.1) is 0 Å². The Bertz CT molecular complexity index is 304. The molecule has 0 aromatic carbocycles. The first-order valence-electron chi connectivity index (χ1n) is 5.71. The zero-order valence-electron chi connectivity index (χ0n) is 9.92. The van der Waals surface area contributed by atoms with E-state index in [1.807, 2.05) is 13.8 Å². The lowest BCUT2D eigenvalue weighted by atomic mass is 10.0. The minimum Gasteiger partial charge on any atom is -0.395 e. The molecule has 0 radical (unpaired) electrons. The molecule has 0 saturated carbocycles. The van der Waals surface area contributed by atoms with E-state index < -0.39 is 10.0 Å². The maximum Gasteiger partial charge on any atom is 0.216 e. The summed E-state index contributed by atoms with van der Waals surface area (Å²) in [6, 6.07) is -0.258.